The first kappa shape index (κ1) is 19.5. The average Bonchev–Trinajstić information content (AvgIpc) is 2.68. The van der Waals surface area contributed by atoms with Crippen LogP contribution in [0.15, 0.2) is 34.4 Å². The molecule has 0 bridgehead atoms. The van der Waals surface area contributed by atoms with Gasteiger partial charge in [0.25, 0.3) is 0 Å². The van der Waals surface area contributed by atoms with Gasteiger partial charge in [-0.05, 0) is 62.5 Å². The summed E-state index contributed by atoms with van der Waals surface area (Å²) >= 11 is 0. The normalized spacial score (nSPS) is 24.7. The SMILES string of the molecule is COC(=O)C1(C(=O)OC)CC(C(C)C)=C2/C=C(/C)CCCC/C=C\2C1. The highest BCUT2D eigenvalue weighted by molar-refractivity contribution is 6.01. The van der Waals surface area contributed by atoms with Crippen LogP contribution in [-0.2, 0) is 19.1 Å². The van der Waals surface area contributed by atoms with Gasteiger partial charge >= 0.3 is 11.9 Å². The van der Waals surface area contributed by atoms with E-state index in [0.717, 1.165) is 36.8 Å². The van der Waals surface area contributed by atoms with Gasteiger partial charge in [0.05, 0.1) is 14.2 Å². The fraction of sp³-hybridized carbons (Fsp3) is 0.619. The quantitative estimate of drug-likeness (QED) is 0.557. The van der Waals surface area contributed by atoms with Crippen LogP contribution in [0.4, 0.5) is 0 Å². The number of carbonyl (C=O) groups excluding carboxylic acids is 2. The van der Waals surface area contributed by atoms with Gasteiger partial charge in [0.2, 0.25) is 0 Å². The molecule has 0 aromatic heterocycles. The van der Waals surface area contributed by atoms with Crippen molar-refractivity contribution in [2.24, 2.45) is 11.3 Å². The van der Waals surface area contributed by atoms with Crippen molar-refractivity contribution in [1.29, 1.82) is 0 Å². The predicted octanol–water partition coefficient (Wildman–Crippen LogP) is 4.51. The van der Waals surface area contributed by atoms with Gasteiger partial charge in [-0.25, -0.2) is 0 Å². The van der Waals surface area contributed by atoms with Gasteiger partial charge in [-0.1, -0.05) is 37.1 Å². The van der Waals surface area contributed by atoms with E-state index >= 15 is 0 Å². The van der Waals surface area contributed by atoms with E-state index < -0.39 is 17.4 Å². The lowest BCUT2D eigenvalue weighted by Crippen LogP contribution is -2.44. The van der Waals surface area contributed by atoms with Crippen LogP contribution in [0, 0.1) is 11.3 Å². The second kappa shape index (κ2) is 8.03. The maximum absolute atomic E-state index is 12.6. The van der Waals surface area contributed by atoms with Crippen LogP contribution in [0.1, 0.15) is 59.3 Å². The maximum atomic E-state index is 12.6. The summed E-state index contributed by atoms with van der Waals surface area (Å²) in [7, 11) is 2.67. The van der Waals surface area contributed by atoms with Crippen LogP contribution in [0.2, 0.25) is 0 Å². The highest BCUT2D eigenvalue weighted by Gasteiger charge is 2.52. The Morgan fingerprint density at radius 1 is 1.08 bits per heavy atom. The summed E-state index contributed by atoms with van der Waals surface area (Å²) in [5.41, 5.74) is 3.50. The minimum atomic E-state index is -1.27. The van der Waals surface area contributed by atoms with E-state index in [2.05, 4.69) is 32.9 Å². The van der Waals surface area contributed by atoms with Crippen molar-refractivity contribution in [1.82, 2.24) is 0 Å². The van der Waals surface area contributed by atoms with E-state index in [0.29, 0.717) is 12.8 Å². The van der Waals surface area contributed by atoms with Crippen LogP contribution in [0.25, 0.3) is 0 Å². The molecule has 0 unspecified atom stereocenters. The number of carbonyl (C=O) groups is 2. The minimum Gasteiger partial charge on any atom is -0.468 e. The zero-order valence-electron chi connectivity index (χ0n) is 16.1. The number of hydrogen-bond donors (Lipinski definition) is 0. The molecule has 0 radical (unpaired) electrons. The van der Waals surface area contributed by atoms with Crippen LogP contribution < -0.4 is 0 Å². The van der Waals surface area contributed by atoms with Crippen molar-refractivity contribution in [3.8, 4) is 0 Å². The number of rotatable bonds is 3. The number of allylic oxidation sites excluding steroid dienone is 6. The Morgan fingerprint density at radius 3 is 2.28 bits per heavy atom. The molecule has 2 rings (SSSR count). The molecule has 4 nitrogen and oxygen atoms in total. The Kier molecular flexibility index (Phi) is 6.26. The summed E-state index contributed by atoms with van der Waals surface area (Å²) < 4.78 is 10.0. The van der Waals surface area contributed by atoms with E-state index in [1.54, 1.807) is 0 Å². The number of fused-ring (bicyclic) bond motifs is 1. The van der Waals surface area contributed by atoms with Crippen molar-refractivity contribution in [2.45, 2.75) is 59.3 Å². The molecule has 2 aliphatic rings. The third-order valence-electron chi connectivity index (χ3n) is 5.33. The smallest absolute Gasteiger partial charge is 0.323 e. The summed E-state index contributed by atoms with van der Waals surface area (Å²) in [6, 6.07) is 0. The molecular weight excluding hydrogens is 316 g/mol. The van der Waals surface area contributed by atoms with Gasteiger partial charge in [-0.3, -0.25) is 9.59 Å². The molecule has 0 heterocycles. The molecule has 0 aromatic carbocycles. The summed E-state index contributed by atoms with van der Waals surface area (Å²) in [5, 5.41) is 0. The molecule has 0 fully saturated rings. The molecule has 138 valence electrons. The number of methoxy groups -OCH3 is 2. The van der Waals surface area contributed by atoms with E-state index in [9.17, 15) is 9.59 Å². The highest BCUT2D eigenvalue weighted by Crippen LogP contribution is 2.47. The van der Waals surface area contributed by atoms with Crippen molar-refractivity contribution in [3.63, 3.8) is 0 Å². The van der Waals surface area contributed by atoms with Crippen molar-refractivity contribution in [3.05, 3.63) is 34.4 Å². The lowest BCUT2D eigenvalue weighted by Gasteiger charge is -2.37. The topological polar surface area (TPSA) is 52.6 Å². The first-order valence-corrected chi connectivity index (χ1v) is 9.12. The lowest BCUT2D eigenvalue weighted by molar-refractivity contribution is -0.169. The van der Waals surface area contributed by atoms with Gasteiger partial charge in [0, 0.05) is 0 Å². The third-order valence-corrected chi connectivity index (χ3v) is 5.33. The first-order chi connectivity index (χ1) is 11.9. The molecule has 0 aliphatic heterocycles. The van der Waals surface area contributed by atoms with Crippen LogP contribution in [0.5, 0.6) is 0 Å². The molecule has 0 saturated heterocycles. The Balaban J connectivity index is 2.67. The van der Waals surface area contributed by atoms with Crippen molar-refractivity contribution >= 4 is 11.9 Å². The Bertz CT molecular complexity index is 618. The molecule has 0 saturated carbocycles. The molecule has 0 aromatic rings. The summed E-state index contributed by atoms with van der Waals surface area (Å²) in [4.78, 5) is 25.3. The standard InChI is InChI=1S/C21H30O4/c1-14(2)18-13-21(19(22)24-4,20(23)25-5)12-16-10-8-6-7-9-15(3)11-17(16)18/h10-11,14H,6-9,12-13H2,1-5H3/b15-11-,16-10-. The lowest BCUT2D eigenvalue weighted by atomic mass is 9.66. The van der Waals surface area contributed by atoms with Gasteiger partial charge < -0.3 is 9.47 Å². The summed E-state index contributed by atoms with van der Waals surface area (Å²) in [5.74, 6) is -0.770. The summed E-state index contributed by atoms with van der Waals surface area (Å²) in [6.45, 7) is 6.39. The monoisotopic (exact) mass is 346 g/mol. The second-order valence-electron chi connectivity index (χ2n) is 7.48. The van der Waals surface area contributed by atoms with Crippen LogP contribution >= 0.6 is 0 Å². The fourth-order valence-corrected chi connectivity index (χ4v) is 3.90. The predicted molar refractivity (Wildman–Crippen MR) is 97.9 cm³/mol. The zero-order chi connectivity index (χ0) is 18.6. The van der Waals surface area contributed by atoms with Gasteiger partial charge in [-0.2, -0.15) is 0 Å². The second-order valence-corrected chi connectivity index (χ2v) is 7.48. The van der Waals surface area contributed by atoms with Crippen LogP contribution in [0.3, 0.4) is 0 Å². The Hall–Kier alpha value is -1.84. The highest BCUT2D eigenvalue weighted by atomic mass is 16.5. The van der Waals surface area contributed by atoms with E-state index in [4.69, 9.17) is 9.47 Å². The molecule has 2 aliphatic carbocycles. The van der Waals surface area contributed by atoms with E-state index in [1.807, 2.05) is 0 Å². The van der Waals surface area contributed by atoms with Gasteiger partial charge in [-0.15, -0.1) is 0 Å². The Morgan fingerprint density at radius 2 is 1.72 bits per heavy atom. The molecular formula is C21H30O4. The number of hydrogen-bond acceptors (Lipinski definition) is 4. The molecule has 25 heavy (non-hydrogen) atoms. The maximum Gasteiger partial charge on any atom is 0.323 e. The third kappa shape index (κ3) is 3.88. The van der Waals surface area contributed by atoms with Gasteiger partial charge in [0.15, 0.2) is 5.41 Å². The minimum absolute atomic E-state index is 0.234. The van der Waals surface area contributed by atoms with E-state index in [1.165, 1.54) is 25.4 Å². The van der Waals surface area contributed by atoms with Crippen molar-refractivity contribution < 1.29 is 19.1 Å². The molecule has 4 heteroatoms. The number of esters is 2. The number of ether oxygens (including phenoxy) is 2. The van der Waals surface area contributed by atoms with Gasteiger partial charge in [0.1, 0.15) is 0 Å². The first-order valence-electron chi connectivity index (χ1n) is 9.12. The van der Waals surface area contributed by atoms with Crippen LogP contribution in [-0.4, -0.2) is 26.2 Å². The largest absolute Gasteiger partial charge is 0.468 e. The zero-order valence-corrected chi connectivity index (χ0v) is 16.1. The average molecular weight is 346 g/mol. The molecule has 0 N–H and O–H groups in total. The molecule has 0 spiro atoms. The molecule has 0 amide bonds. The Labute approximate surface area is 151 Å². The van der Waals surface area contributed by atoms with E-state index in [-0.39, 0.29) is 5.92 Å². The molecule has 0 atom stereocenters. The summed E-state index contributed by atoms with van der Waals surface area (Å²) in [6.07, 6.45) is 9.50. The fourth-order valence-electron chi connectivity index (χ4n) is 3.90. The van der Waals surface area contributed by atoms with Crippen molar-refractivity contribution in [2.75, 3.05) is 14.2 Å².